The molecule has 3 N–H and O–H groups in total. The van der Waals surface area contributed by atoms with Gasteiger partial charge in [-0.3, -0.25) is 4.79 Å². The number of nitrogens with one attached hydrogen (secondary N) is 3. The number of rotatable bonds is 9. The number of hydrazine groups is 1. The fourth-order valence-electron chi connectivity index (χ4n) is 2.58. The predicted octanol–water partition coefficient (Wildman–Crippen LogP) is 4.59. The number of halogens is 1. The van der Waals surface area contributed by atoms with E-state index in [4.69, 9.17) is 9.47 Å². The second-order valence-electron chi connectivity index (χ2n) is 6.17. The lowest BCUT2D eigenvalue weighted by Gasteiger charge is -2.13. The Morgan fingerprint density at radius 1 is 0.931 bits per heavy atom. The van der Waals surface area contributed by atoms with Gasteiger partial charge < -0.3 is 20.2 Å². The molecule has 3 rings (SSSR count). The Labute approximate surface area is 178 Å². The molecule has 0 heterocycles. The zero-order valence-electron chi connectivity index (χ0n) is 15.9. The summed E-state index contributed by atoms with van der Waals surface area (Å²) in [5.41, 5.74) is 8.99. The summed E-state index contributed by atoms with van der Waals surface area (Å²) in [7, 11) is 1.57. The van der Waals surface area contributed by atoms with E-state index in [0.29, 0.717) is 23.7 Å². The van der Waals surface area contributed by atoms with Crippen LogP contribution in [0.25, 0.3) is 0 Å². The highest BCUT2D eigenvalue weighted by Gasteiger charge is 2.09. The van der Waals surface area contributed by atoms with Crippen LogP contribution < -0.4 is 25.6 Å². The molecule has 0 aliphatic rings. The van der Waals surface area contributed by atoms with E-state index in [9.17, 15) is 4.79 Å². The lowest BCUT2D eigenvalue weighted by Crippen LogP contribution is -2.21. The molecule has 3 aromatic rings. The summed E-state index contributed by atoms with van der Waals surface area (Å²) < 4.78 is 12.0. The Balaban J connectivity index is 1.51. The molecule has 0 aromatic heterocycles. The maximum absolute atomic E-state index is 12.1. The molecule has 0 aliphatic heterocycles. The van der Waals surface area contributed by atoms with Gasteiger partial charge in [-0.15, -0.1) is 0 Å². The maximum atomic E-state index is 12.1. The zero-order chi connectivity index (χ0) is 20.5. The van der Waals surface area contributed by atoms with Gasteiger partial charge in [-0.2, -0.15) is 0 Å². The topological polar surface area (TPSA) is 71.6 Å². The first kappa shape index (κ1) is 20.7. The van der Waals surface area contributed by atoms with Gasteiger partial charge in [0.15, 0.2) is 18.1 Å². The van der Waals surface area contributed by atoms with Crippen LogP contribution in [0.15, 0.2) is 77.3 Å². The van der Waals surface area contributed by atoms with E-state index in [0.717, 1.165) is 15.7 Å². The quantitative estimate of drug-likeness (QED) is 0.411. The standard InChI is InChI=1S/C22H22BrN3O3/c1-28-21-13-16(14-24-26-19-5-3-2-4-6-19)7-12-20(21)29-15-22(27)25-18-10-8-17(23)9-11-18/h2-13,24,26H,14-15H2,1H3,(H,25,27). The van der Waals surface area contributed by atoms with E-state index in [1.54, 1.807) is 13.2 Å². The molecule has 0 unspecified atom stereocenters. The number of methoxy groups -OCH3 is 1. The number of hydrogen-bond donors (Lipinski definition) is 3. The number of amides is 1. The van der Waals surface area contributed by atoms with Gasteiger partial charge in [-0.05, 0) is 54.1 Å². The Morgan fingerprint density at radius 3 is 2.41 bits per heavy atom. The van der Waals surface area contributed by atoms with Crippen LogP contribution in [0.4, 0.5) is 11.4 Å². The van der Waals surface area contributed by atoms with Gasteiger partial charge in [-0.1, -0.05) is 40.2 Å². The molecular formula is C22H22BrN3O3. The Morgan fingerprint density at radius 2 is 1.69 bits per heavy atom. The summed E-state index contributed by atoms with van der Waals surface area (Å²) in [4.78, 5) is 12.1. The molecule has 6 nitrogen and oxygen atoms in total. The third-order valence-corrected chi connectivity index (χ3v) is 4.54. The van der Waals surface area contributed by atoms with Crippen LogP contribution in [0.5, 0.6) is 11.5 Å². The summed E-state index contributed by atoms with van der Waals surface area (Å²) in [5, 5.41) is 2.79. The fourth-order valence-corrected chi connectivity index (χ4v) is 2.85. The molecule has 0 radical (unpaired) electrons. The lowest BCUT2D eigenvalue weighted by molar-refractivity contribution is -0.118. The summed E-state index contributed by atoms with van der Waals surface area (Å²) >= 11 is 3.36. The molecule has 150 valence electrons. The van der Waals surface area contributed by atoms with Crippen LogP contribution in [-0.4, -0.2) is 19.6 Å². The van der Waals surface area contributed by atoms with Gasteiger partial charge in [-0.25, -0.2) is 5.43 Å². The van der Waals surface area contributed by atoms with E-state index in [1.807, 2.05) is 66.7 Å². The molecule has 0 saturated carbocycles. The van der Waals surface area contributed by atoms with Crippen molar-refractivity contribution < 1.29 is 14.3 Å². The summed E-state index contributed by atoms with van der Waals surface area (Å²) in [6, 6.07) is 22.8. The highest BCUT2D eigenvalue weighted by molar-refractivity contribution is 9.10. The van der Waals surface area contributed by atoms with E-state index >= 15 is 0 Å². The van der Waals surface area contributed by atoms with E-state index < -0.39 is 0 Å². The maximum Gasteiger partial charge on any atom is 0.262 e. The minimum absolute atomic E-state index is 0.112. The van der Waals surface area contributed by atoms with Gasteiger partial charge in [0.05, 0.1) is 7.11 Å². The number of ether oxygens (including phenoxy) is 2. The van der Waals surface area contributed by atoms with Crippen LogP contribution in [0.3, 0.4) is 0 Å². The molecule has 0 aliphatic carbocycles. The molecule has 1 amide bonds. The second kappa shape index (κ2) is 10.5. The van der Waals surface area contributed by atoms with Gasteiger partial charge in [0.2, 0.25) is 0 Å². The Kier molecular flexibility index (Phi) is 7.49. The van der Waals surface area contributed by atoms with Crippen LogP contribution >= 0.6 is 15.9 Å². The van der Waals surface area contributed by atoms with Crippen LogP contribution in [-0.2, 0) is 11.3 Å². The average Bonchev–Trinajstić information content (AvgIpc) is 2.75. The Bertz CT molecular complexity index is 934. The fraction of sp³-hybridized carbons (Fsp3) is 0.136. The zero-order valence-corrected chi connectivity index (χ0v) is 17.5. The molecule has 0 fully saturated rings. The molecule has 3 aromatic carbocycles. The number of carbonyl (C=O) groups excluding carboxylic acids is 1. The van der Waals surface area contributed by atoms with E-state index in [-0.39, 0.29) is 12.5 Å². The number of anilines is 2. The highest BCUT2D eigenvalue weighted by Crippen LogP contribution is 2.28. The average molecular weight is 456 g/mol. The first-order chi connectivity index (χ1) is 14.1. The van der Waals surface area contributed by atoms with Crippen molar-refractivity contribution in [2.24, 2.45) is 0 Å². The molecule has 0 saturated heterocycles. The number of carbonyl (C=O) groups is 1. The largest absolute Gasteiger partial charge is 0.493 e. The smallest absolute Gasteiger partial charge is 0.262 e. The molecule has 0 atom stereocenters. The number of para-hydroxylation sites is 1. The van der Waals surface area contributed by atoms with Crippen LogP contribution in [0, 0.1) is 0 Å². The lowest BCUT2D eigenvalue weighted by atomic mass is 10.2. The monoisotopic (exact) mass is 455 g/mol. The van der Waals surface area contributed by atoms with Gasteiger partial charge in [0, 0.05) is 22.4 Å². The van der Waals surface area contributed by atoms with Crippen molar-refractivity contribution in [3.05, 3.63) is 82.8 Å². The number of benzene rings is 3. The third kappa shape index (κ3) is 6.51. The van der Waals surface area contributed by atoms with Crippen molar-refractivity contribution in [1.29, 1.82) is 0 Å². The van der Waals surface area contributed by atoms with Gasteiger partial charge in [0.25, 0.3) is 5.91 Å². The van der Waals surface area contributed by atoms with Crippen molar-refractivity contribution >= 4 is 33.2 Å². The first-order valence-corrected chi connectivity index (χ1v) is 9.82. The van der Waals surface area contributed by atoms with Gasteiger partial charge in [0.1, 0.15) is 0 Å². The minimum Gasteiger partial charge on any atom is -0.493 e. The van der Waals surface area contributed by atoms with Gasteiger partial charge >= 0.3 is 0 Å². The molecular weight excluding hydrogens is 434 g/mol. The molecule has 0 spiro atoms. The second-order valence-corrected chi connectivity index (χ2v) is 7.09. The Hall–Kier alpha value is -3.03. The molecule has 0 bridgehead atoms. The number of hydrogen-bond acceptors (Lipinski definition) is 5. The SMILES string of the molecule is COc1cc(CNNc2ccccc2)ccc1OCC(=O)Nc1ccc(Br)cc1. The predicted molar refractivity (Wildman–Crippen MR) is 118 cm³/mol. The molecule has 7 heteroatoms. The van der Waals surface area contributed by atoms with E-state index in [1.165, 1.54) is 0 Å². The molecule has 29 heavy (non-hydrogen) atoms. The first-order valence-electron chi connectivity index (χ1n) is 9.03. The van der Waals surface area contributed by atoms with Crippen LogP contribution in [0.1, 0.15) is 5.56 Å². The highest BCUT2D eigenvalue weighted by atomic mass is 79.9. The minimum atomic E-state index is -0.243. The summed E-state index contributed by atoms with van der Waals surface area (Å²) in [6.07, 6.45) is 0. The van der Waals surface area contributed by atoms with Crippen molar-refractivity contribution in [1.82, 2.24) is 5.43 Å². The third-order valence-electron chi connectivity index (χ3n) is 4.01. The summed E-state index contributed by atoms with van der Waals surface area (Å²) in [5.74, 6) is 0.839. The normalized spacial score (nSPS) is 10.3. The van der Waals surface area contributed by atoms with Crippen LogP contribution in [0.2, 0.25) is 0 Å². The van der Waals surface area contributed by atoms with Crippen molar-refractivity contribution in [2.45, 2.75) is 6.54 Å². The summed E-state index contributed by atoms with van der Waals surface area (Å²) in [6.45, 7) is 0.481. The van der Waals surface area contributed by atoms with Crippen molar-refractivity contribution in [3.63, 3.8) is 0 Å². The van der Waals surface area contributed by atoms with Crippen molar-refractivity contribution in [3.8, 4) is 11.5 Å². The van der Waals surface area contributed by atoms with Crippen molar-refractivity contribution in [2.75, 3.05) is 24.5 Å². The van der Waals surface area contributed by atoms with E-state index in [2.05, 4.69) is 32.1 Å².